The van der Waals surface area contributed by atoms with Gasteiger partial charge in [0.1, 0.15) is 6.33 Å². The SMILES string of the molecule is Cc1cc(-c2ncnn3cc(C4COC4)cc23)ccc1C(N)OC(=O)C(F)(F)F. The minimum absolute atomic E-state index is 0.277. The first-order chi connectivity index (χ1) is 13.7. The van der Waals surface area contributed by atoms with Crippen molar-refractivity contribution in [3.05, 3.63) is 53.5 Å². The van der Waals surface area contributed by atoms with Gasteiger partial charge in [0, 0.05) is 23.2 Å². The van der Waals surface area contributed by atoms with Gasteiger partial charge in [-0.1, -0.05) is 12.1 Å². The predicted molar refractivity (Wildman–Crippen MR) is 95.8 cm³/mol. The molecule has 1 saturated heterocycles. The summed E-state index contributed by atoms with van der Waals surface area (Å²) in [5.41, 5.74) is 9.81. The number of hydrogen-bond acceptors (Lipinski definition) is 6. The molecule has 0 aliphatic carbocycles. The highest BCUT2D eigenvalue weighted by Gasteiger charge is 2.42. The molecule has 10 heteroatoms. The smallest absolute Gasteiger partial charge is 0.436 e. The molecule has 0 bridgehead atoms. The second-order valence-electron chi connectivity index (χ2n) is 6.84. The Labute approximate surface area is 163 Å². The topological polar surface area (TPSA) is 91.7 Å². The summed E-state index contributed by atoms with van der Waals surface area (Å²) >= 11 is 0. The largest absolute Gasteiger partial charge is 0.490 e. The molecule has 0 spiro atoms. The predicted octanol–water partition coefficient (Wildman–Crippen LogP) is 2.88. The highest BCUT2D eigenvalue weighted by atomic mass is 19.4. The molecular weight excluding hydrogens is 389 g/mol. The van der Waals surface area contributed by atoms with E-state index in [1.807, 2.05) is 12.3 Å². The quantitative estimate of drug-likeness (QED) is 0.529. The molecule has 152 valence electrons. The molecule has 4 rings (SSSR count). The number of rotatable bonds is 4. The van der Waals surface area contributed by atoms with E-state index < -0.39 is 18.4 Å². The third-order valence-corrected chi connectivity index (χ3v) is 4.85. The molecule has 0 radical (unpaired) electrons. The van der Waals surface area contributed by atoms with E-state index in [2.05, 4.69) is 14.8 Å². The van der Waals surface area contributed by atoms with Crippen molar-refractivity contribution in [2.75, 3.05) is 13.2 Å². The summed E-state index contributed by atoms with van der Waals surface area (Å²) in [4.78, 5) is 15.4. The lowest BCUT2D eigenvalue weighted by atomic mass is 9.99. The molecule has 0 amide bonds. The number of carbonyl (C=O) groups is 1. The van der Waals surface area contributed by atoms with Gasteiger partial charge in [-0.15, -0.1) is 0 Å². The van der Waals surface area contributed by atoms with Crippen LogP contribution in [0.2, 0.25) is 0 Å². The van der Waals surface area contributed by atoms with Gasteiger partial charge in [-0.3, -0.25) is 5.73 Å². The zero-order valence-electron chi connectivity index (χ0n) is 15.3. The van der Waals surface area contributed by atoms with Crippen molar-refractivity contribution in [3.63, 3.8) is 0 Å². The van der Waals surface area contributed by atoms with Crippen LogP contribution in [0.15, 0.2) is 36.8 Å². The molecule has 7 nitrogen and oxygen atoms in total. The van der Waals surface area contributed by atoms with Crippen LogP contribution in [0.3, 0.4) is 0 Å². The van der Waals surface area contributed by atoms with E-state index >= 15 is 0 Å². The zero-order valence-corrected chi connectivity index (χ0v) is 15.3. The van der Waals surface area contributed by atoms with Crippen molar-refractivity contribution in [1.29, 1.82) is 0 Å². The van der Waals surface area contributed by atoms with E-state index in [4.69, 9.17) is 10.5 Å². The maximum atomic E-state index is 12.4. The van der Waals surface area contributed by atoms with Crippen molar-refractivity contribution < 1.29 is 27.4 Å². The second-order valence-corrected chi connectivity index (χ2v) is 6.84. The third-order valence-electron chi connectivity index (χ3n) is 4.85. The van der Waals surface area contributed by atoms with Gasteiger partial charge in [0.25, 0.3) is 0 Å². The van der Waals surface area contributed by atoms with Crippen molar-refractivity contribution in [2.45, 2.75) is 25.2 Å². The summed E-state index contributed by atoms with van der Waals surface area (Å²) < 4.78 is 48.5. The van der Waals surface area contributed by atoms with Crippen molar-refractivity contribution in [3.8, 4) is 11.3 Å². The number of halogens is 3. The van der Waals surface area contributed by atoms with Crippen LogP contribution in [0.25, 0.3) is 16.8 Å². The number of aromatic nitrogens is 3. The van der Waals surface area contributed by atoms with Crippen LogP contribution < -0.4 is 5.73 Å². The number of nitrogens with two attached hydrogens (primary N) is 1. The Morgan fingerprint density at radius 3 is 2.72 bits per heavy atom. The fourth-order valence-corrected chi connectivity index (χ4v) is 3.21. The molecule has 29 heavy (non-hydrogen) atoms. The average molecular weight is 406 g/mol. The number of alkyl halides is 3. The molecular formula is C19H17F3N4O3. The number of carbonyl (C=O) groups excluding carboxylic acids is 1. The van der Waals surface area contributed by atoms with Crippen LogP contribution in [0.5, 0.6) is 0 Å². The summed E-state index contributed by atoms with van der Waals surface area (Å²) in [6, 6.07) is 6.94. The lowest BCUT2D eigenvalue weighted by Crippen LogP contribution is -2.30. The van der Waals surface area contributed by atoms with Crippen LogP contribution in [0.1, 0.15) is 28.8 Å². The minimum atomic E-state index is -5.10. The van der Waals surface area contributed by atoms with Gasteiger partial charge in [0.2, 0.25) is 0 Å². The Hall–Kier alpha value is -2.98. The molecule has 0 saturated carbocycles. The van der Waals surface area contributed by atoms with Crippen LogP contribution in [-0.4, -0.2) is 40.0 Å². The molecule has 2 aromatic heterocycles. The Morgan fingerprint density at radius 1 is 1.34 bits per heavy atom. The van der Waals surface area contributed by atoms with Crippen LogP contribution in [-0.2, 0) is 14.3 Å². The van der Waals surface area contributed by atoms with Gasteiger partial charge in [-0.2, -0.15) is 18.3 Å². The van der Waals surface area contributed by atoms with Gasteiger partial charge in [0.05, 0.1) is 24.4 Å². The molecule has 1 fully saturated rings. The normalized spacial score (nSPS) is 15.9. The lowest BCUT2D eigenvalue weighted by Gasteiger charge is -2.24. The van der Waals surface area contributed by atoms with Crippen LogP contribution in [0.4, 0.5) is 13.2 Å². The van der Waals surface area contributed by atoms with Crippen molar-refractivity contribution in [1.82, 2.24) is 14.6 Å². The minimum Gasteiger partial charge on any atom is -0.436 e. The molecule has 1 aliphatic rings. The first kappa shape index (κ1) is 19.3. The summed E-state index contributed by atoms with van der Waals surface area (Å²) in [5.74, 6) is -2.00. The van der Waals surface area contributed by atoms with E-state index in [-0.39, 0.29) is 5.56 Å². The van der Waals surface area contributed by atoms with Crippen molar-refractivity contribution >= 4 is 11.5 Å². The average Bonchev–Trinajstić information content (AvgIpc) is 3.02. The van der Waals surface area contributed by atoms with Gasteiger partial charge in [0.15, 0.2) is 6.23 Å². The standard InChI is InChI=1S/C19H17F3N4O3/c1-10-4-11(2-3-14(10)17(23)29-18(27)19(20,21)22)16-15-5-12(13-7-28-8-13)6-26(15)25-9-24-16/h2-6,9,13,17H,7-8,23H2,1H3. The number of nitrogens with zero attached hydrogens (tertiary/aromatic N) is 3. The molecule has 3 heterocycles. The summed E-state index contributed by atoms with van der Waals surface area (Å²) in [5, 5.41) is 4.23. The fourth-order valence-electron chi connectivity index (χ4n) is 3.21. The maximum Gasteiger partial charge on any atom is 0.490 e. The summed E-state index contributed by atoms with van der Waals surface area (Å²) in [6.07, 6.45) is -3.26. The number of aryl methyl sites for hydroxylation is 1. The second kappa shape index (κ2) is 7.12. The number of ether oxygens (including phenoxy) is 2. The Morgan fingerprint density at radius 2 is 2.10 bits per heavy atom. The molecule has 1 aliphatic heterocycles. The lowest BCUT2D eigenvalue weighted by molar-refractivity contribution is -0.205. The highest BCUT2D eigenvalue weighted by molar-refractivity contribution is 5.78. The molecule has 2 N–H and O–H groups in total. The Bertz CT molecular complexity index is 1080. The first-order valence-electron chi connectivity index (χ1n) is 8.79. The Kier molecular flexibility index (Phi) is 4.75. The molecule has 1 atom stereocenters. The Balaban J connectivity index is 1.64. The maximum absolute atomic E-state index is 12.4. The fraction of sp³-hybridized carbons (Fsp3) is 0.316. The van der Waals surface area contributed by atoms with Gasteiger partial charge >= 0.3 is 12.1 Å². The van der Waals surface area contributed by atoms with Gasteiger partial charge in [-0.25, -0.2) is 14.3 Å². The van der Waals surface area contributed by atoms with E-state index in [1.165, 1.54) is 12.4 Å². The van der Waals surface area contributed by atoms with Crippen LogP contribution in [0, 0.1) is 6.92 Å². The number of esters is 1. The van der Waals surface area contributed by atoms with E-state index in [1.54, 1.807) is 23.6 Å². The summed E-state index contributed by atoms with van der Waals surface area (Å²) in [7, 11) is 0. The number of benzene rings is 1. The van der Waals surface area contributed by atoms with Crippen molar-refractivity contribution in [2.24, 2.45) is 5.73 Å². The molecule has 1 aromatic carbocycles. The zero-order chi connectivity index (χ0) is 20.8. The summed E-state index contributed by atoms with van der Waals surface area (Å²) in [6.45, 7) is 3.01. The van der Waals surface area contributed by atoms with Gasteiger partial charge in [-0.05, 0) is 30.2 Å². The van der Waals surface area contributed by atoms with Crippen LogP contribution >= 0.6 is 0 Å². The first-order valence-corrected chi connectivity index (χ1v) is 8.79. The number of hydrogen-bond donors (Lipinski definition) is 1. The van der Waals surface area contributed by atoms with E-state index in [0.29, 0.717) is 30.4 Å². The molecule has 3 aromatic rings. The van der Waals surface area contributed by atoms with Gasteiger partial charge < -0.3 is 9.47 Å². The molecule has 1 unspecified atom stereocenters. The highest BCUT2D eigenvalue weighted by Crippen LogP contribution is 2.31. The monoisotopic (exact) mass is 406 g/mol. The van der Waals surface area contributed by atoms with E-state index in [0.717, 1.165) is 16.6 Å². The van der Waals surface area contributed by atoms with E-state index in [9.17, 15) is 18.0 Å². The number of fused-ring (bicyclic) bond motifs is 1. The third kappa shape index (κ3) is 3.68.